The lowest BCUT2D eigenvalue weighted by atomic mass is 10.3. The van der Waals surface area contributed by atoms with Crippen LogP contribution >= 0.6 is 23.2 Å². The topological polar surface area (TPSA) is 75.5 Å². The lowest BCUT2D eigenvalue weighted by Gasteiger charge is -2.07. The summed E-state index contributed by atoms with van der Waals surface area (Å²) in [5.74, 6) is -0.855. The Labute approximate surface area is 159 Å². The van der Waals surface area contributed by atoms with Gasteiger partial charge in [0.15, 0.2) is 5.69 Å². The first kappa shape index (κ1) is 18.0. The van der Waals surface area contributed by atoms with Gasteiger partial charge < -0.3 is 10.6 Å². The SMILES string of the molecule is C=CCNC(=O)c1nc(C(=O)Nc2cc(Cl)ccc2Cl)n2ccccc12. The molecule has 0 aliphatic heterocycles. The summed E-state index contributed by atoms with van der Waals surface area (Å²) >= 11 is 12.0. The standard InChI is InChI=1S/C18H14Cl2N4O2/c1-2-8-21-17(25)15-14-5-3-4-9-24(14)16(23-15)18(26)22-13-10-11(19)6-7-12(13)20/h2-7,9-10H,1,8H2,(H,21,25)(H,22,26). The van der Waals surface area contributed by atoms with Gasteiger partial charge in [0.25, 0.3) is 11.8 Å². The molecule has 2 heterocycles. The highest BCUT2D eigenvalue weighted by molar-refractivity contribution is 6.35. The predicted molar refractivity (Wildman–Crippen MR) is 102 cm³/mol. The van der Waals surface area contributed by atoms with Gasteiger partial charge in [-0.3, -0.25) is 14.0 Å². The third-order valence-electron chi connectivity index (χ3n) is 3.55. The molecule has 26 heavy (non-hydrogen) atoms. The first-order valence-electron chi connectivity index (χ1n) is 7.64. The minimum Gasteiger partial charge on any atom is -0.347 e. The van der Waals surface area contributed by atoms with Gasteiger partial charge in [-0.05, 0) is 30.3 Å². The van der Waals surface area contributed by atoms with Crippen molar-refractivity contribution in [1.82, 2.24) is 14.7 Å². The third kappa shape index (κ3) is 3.56. The molecular weight excluding hydrogens is 375 g/mol. The zero-order valence-electron chi connectivity index (χ0n) is 13.5. The first-order chi connectivity index (χ1) is 12.5. The number of halogens is 2. The summed E-state index contributed by atoms with van der Waals surface area (Å²) in [6.45, 7) is 3.85. The predicted octanol–water partition coefficient (Wildman–Crippen LogP) is 3.81. The van der Waals surface area contributed by atoms with E-state index in [0.29, 0.717) is 27.8 Å². The summed E-state index contributed by atoms with van der Waals surface area (Å²) in [5.41, 5.74) is 1.01. The van der Waals surface area contributed by atoms with Crippen LogP contribution in [0.2, 0.25) is 10.0 Å². The quantitative estimate of drug-likeness (QED) is 0.652. The van der Waals surface area contributed by atoms with E-state index in [0.717, 1.165) is 0 Å². The highest BCUT2D eigenvalue weighted by Gasteiger charge is 2.21. The van der Waals surface area contributed by atoms with E-state index in [4.69, 9.17) is 23.2 Å². The molecule has 1 aromatic carbocycles. The molecule has 0 fully saturated rings. The van der Waals surface area contributed by atoms with Gasteiger partial charge in [0.05, 0.1) is 16.2 Å². The number of pyridine rings is 1. The van der Waals surface area contributed by atoms with E-state index >= 15 is 0 Å². The molecule has 0 bridgehead atoms. The maximum atomic E-state index is 12.7. The van der Waals surface area contributed by atoms with Gasteiger partial charge >= 0.3 is 0 Å². The molecule has 0 atom stereocenters. The van der Waals surface area contributed by atoms with Crippen molar-refractivity contribution in [1.29, 1.82) is 0 Å². The molecule has 0 radical (unpaired) electrons. The molecule has 6 nitrogen and oxygen atoms in total. The van der Waals surface area contributed by atoms with Crippen LogP contribution in [0.15, 0.2) is 55.3 Å². The number of carbonyl (C=O) groups is 2. The Morgan fingerprint density at radius 2 is 2.00 bits per heavy atom. The largest absolute Gasteiger partial charge is 0.347 e. The molecule has 0 spiro atoms. The fraction of sp³-hybridized carbons (Fsp3) is 0.0556. The molecule has 2 aromatic heterocycles. The number of benzene rings is 1. The minimum absolute atomic E-state index is 0.0559. The lowest BCUT2D eigenvalue weighted by molar-refractivity contribution is 0.0955. The van der Waals surface area contributed by atoms with Crippen molar-refractivity contribution in [2.45, 2.75) is 0 Å². The Morgan fingerprint density at radius 1 is 1.19 bits per heavy atom. The highest BCUT2D eigenvalue weighted by Crippen LogP contribution is 2.26. The van der Waals surface area contributed by atoms with E-state index in [9.17, 15) is 9.59 Å². The summed E-state index contributed by atoms with van der Waals surface area (Å²) in [7, 11) is 0. The van der Waals surface area contributed by atoms with Gasteiger partial charge in [-0.25, -0.2) is 4.98 Å². The smallest absolute Gasteiger partial charge is 0.292 e. The molecule has 3 rings (SSSR count). The van der Waals surface area contributed by atoms with Gasteiger partial charge in [-0.2, -0.15) is 0 Å². The van der Waals surface area contributed by atoms with Crippen LogP contribution in [0.1, 0.15) is 21.1 Å². The summed E-state index contributed by atoms with van der Waals surface area (Å²) in [5, 5.41) is 6.10. The number of fused-ring (bicyclic) bond motifs is 1. The second-order valence-corrected chi connectivity index (χ2v) is 6.16. The van der Waals surface area contributed by atoms with Crippen molar-refractivity contribution in [2.75, 3.05) is 11.9 Å². The van der Waals surface area contributed by atoms with Crippen molar-refractivity contribution in [3.05, 3.63) is 76.8 Å². The Bertz CT molecular complexity index is 1010. The van der Waals surface area contributed by atoms with Crippen molar-refractivity contribution < 1.29 is 9.59 Å². The molecule has 0 aliphatic rings. The van der Waals surface area contributed by atoms with Crippen LogP contribution in [0.5, 0.6) is 0 Å². The molecule has 0 saturated carbocycles. The van der Waals surface area contributed by atoms with Crippen molar-refractivity contribution >= 4 is 46.2 Å². The van der Waals surface area contributed by atoms with Crippen molar-refractivity contribution in [2.24, 2.45) is 0 Å². The third-order valence-corrected chi connectivity index (χ3v) is 4.11. The Morgan fingerprint density at radius 3 is 2.77 bits per heavy atom. The van der Waals surface area contributed by atoms with Gasteiger partial charge in [0, 0.05) is 17.8 Å². The summed E-state index contributed by atoms with van der Waals surface area (Å²) < 4.78 is 1.54. The normalized spacial score (nSPS) is 10.5. The Hall–Kier alpha value is -2.83. The molecule has 0 aliphatic carbocycles. The number of carbonyl (C=O) groups excluding carboxylic acids is 2. The zero-order valence-corrected chi connectivity index (χ0v) is 15.0. The van der Waals surface area contributed by atoms with E-state index in [2.05, 4.69) is 22.2 Å². The fourth-order valence-electron chi connectivity index (χ4n) is 2.39. The number of amides is 2. The average molecular weight is 389 g/mol. The van der Waals surface area contributed by atoms with Crippen LogP contribution in [0.25, 0.3) is 5.52 Å². The van der Waals surface area contributed by atoms with Crippen LogP contribution in [0.4, 0.5) is 5.69 Å². The Balaban J connectivity index is 1.99. The molecule has 0 saturated heterocycles. The van der Waals surface area contributed by atoms with Gasteiger partial charge in [0.2, 0.25) is 5.82 Å². The number of anilines is 1. The van der Waals surface area contributed by atoms with Crippen LogP contribution < -0.4 is 10.6 Å². The first-order valence-corrected chi connectivity index (χ1v) is 8.39. The zero-order chi connectivity index (χ0) is 18.7. The van der Waals surface area contributed by atoms with E-state index in [-0.39, 0.29) is 11.5 Å². The number of hydrogen-bond acceptors (Lipinski definition) is 3. The molecule has 8 heteroatoms. The molecular formula is C18H14Cl2N4O2. The fourth-order valence-corrected chi connectivity index (χ4v) is 2.72. The molecule has 132 valence electrons. The van der Waals surface area contributed by atoms with E-state index in [1.54, 1.807) is 42.6 Å². The van der Waals surface area contributed by atoms with Crippen molar-refractivity contribution in [3.63, 3.8) is 0 Å². The number of hydrogen-bond donors (Lipinski definition) is 2. The highest BCUT2D eigenvalue weighted by atomic mass is 35.5. The Kier molecular flexibility index (Phi) is 5.25. The second kappa shape index (κ2) is 7.59. The number of imidazole rings is 1. The molecule has 2 N–H and O–H groups in total. The lowest BCUT2D eigenvalue weighted by Crippen LogP contribution is -2.24. The maximum absolute atomic E-state index is 12.7. The van der Waals surface area contributed by atoms with Crippen molar-refractivity contribution in [3.8, 4) is 0 Å². The number of aromatic nitrogens is 2. The molecule has 2 amide bonds. The van der Waals surface area contributed by atoms with Crippen LogP contribution in [-0.4, -0.2) is 27.7 Å². The molecule has 0 unspecified atom stereocenters. The van der Waals surface area contributed by atoms with E-state index in [1.165, 1.54) is 10.5 Å². The van der Waals surface area contributed by atoms with E-state index in [1.807, 2.05) is 0 Å². The van der Waals surface area contributed by atoms with Gasteiger partial charge in [0.1, 0.15) is 0 Å². The van der Waals surface area contributed by atoms with E-state index < -0.39 is 11.8 Å². The summed E-state index contributed by atoms with van der Waals surface area (Å²) in [6, 6.07) is 9.94. The second-order valence-electron chi connectivity index (χ2n) is 5.32. The van der Waals surface area contributed by atoms with Crippen LogP contribution in [0.3, 0.4) is 0 Å². The van der Waals surface area contributed by atoms with Gasteiger partial charge in [-0.1, -0.05) is 35.3 Å². The summed E-state index contributed by atoms with van der Waals surface area (Å²) in [4.78, 5) is 29.2. The number of rotatable bonds is 5. The van der Waals surface area contributed by atoms with Gasteiger partial charge in [-0.15, -0.1) is 6.58 Å². The molecule has 3 aromatic rings. The summed E-state index contributed by atoms with van der Waals surface area (Å²) in [6.07, 6.45) is 3.21. The number of nitrogens with one attached hydrogen (secondary N) is 2. The number of nitrogens with zero attached hydrogens (tertiary/aromatic N) is 2. The van der Waals surface area contributed by atoms with Crippen LogP contribution in [-0.2, 0) is 0 Å². The average Bonchev–Trinajstić information content (AvgIpc) is 3.02. The minimum atomic E-state index is -0.516. The monoisotopic (exact) mass is 388 g/mol. The van der Waals surface area contributed by atoms with Crippen LogP contribution in [0, 0.1) is 0 Å². The maximum Gasteiger partial charge on any atom is 0.292 e.